The minimum atomic E-state index is -0.888. The van der Waals surface area contributed by atoms with Crippen LogP contribution in [0.5, 0.6) is 0 Å². The van der Waals surface area contributed by atoms with Gasteiger partial charge in [-0.05, 0) is 51.2 Å². The number of hydrogen-bond donors (Lipinski definition) is 2. The fraction of sp³-hybridized carbons (Fsp3) is 0.471. The lowest BCUT2D eigenvalue weighted by Crippen LogP contribution is -2.42. The first kappa shape index (κ1) is 14.8. The summed E-state index contributed by atoms with van der Waals surface area (Å²) < 4.78 is 0. The summed E-state index contributed by atoms with van der Waals surface area (Å²) >= 11 is 0. The summed E-state index contributed by atoms with van der Waals surface area (Å²) in [6.07, 6.45) is 6.47. The number of rotatable bonds is 3. The molecule has 0 heterocycles. The quantitative estimate of drug-likeness (QED) is 0.832. The van der Waals surface area contributed by atoms with Gasteiger partial charge >= 0.3 is 0 Å². The second-order valence-corrected chi connectivity index (χ2v) is 5.85. The zero-order valence-electron chi connectivity index (χ0n) is 12.5. The van der Waals surface area contributed by atoms with Crippen LogP contribution >= 0.6 is 0 Å². The maximum Gasteiger partial charge on any atom is 0.251 e. The Hall–Kier alpha value is -1.61. The van der Waals surface area contributed by atoms with E-state index < -0.39 is 5.60 Å². The van der Waals surface area contributed by atoms with Crippen molar-refractivity contribution in [3.05, 3.63) is 46.5 Å². The minimum absolute atomic E-state index is 0.104. The summed E-state index contributed by atoms with van der Waals surface area (Å²) in [7, 11) is 0. The molecule has 1 aromatic rings. The zero-order chi connectivity index (χ0) is 14.8. The molecule has 0 spiro atoms. The van der Waals surface area contributed by atoms with E-state index in [4.69, 9.17) is 0 Å². The Morgan fingerprint density at radius 2 is 1.95 bits per heavy atom. The molecule has 1 aliphatic rings. The van der Waals surface area contributed by atoms with Gasteiger partial charge in [-0.2, -0.15) is 0 Å². The Morgan fingerprint density at radius 1 is 1.30 bits per heavy atom. The van der Waals surface area contributed by atoms with Gasteiger partial charge in [0.05, 0.1) is 12.1 Å². The molecule has 1 atom stereocenters. The lowest BCUT2D eigenvalue weighted by molar-refractivity contribution is 0.0659. The number of benzene rings is 1. The zero-order valence-corrected chi connectivity index (χ0v) is 12.5. The van der Waals surface area contributed by atoms with E-state index in [0.717, 1.165) is 35.1 Å². The second kappa shape index (κ2) is 5.80. The Morgan fingerprint density at radius 3 is 2.50 bits per heavy atom. The first-order valence-corrected chi connectivity index (χ1v) is 7.17. The van der Waals surface area contributed by atoms with Crippen LogP contribution in [0, 0.1) is 20.8 Å². The predicted octanol–water partition coefficient (Wildman–Crippen LogP) is 2.81. The minimum Gasteiger partial charge on any atom is -0.384 e. The molecule has 1 aliphatic carbocycles. The maximum atomic E-state index is 12.3. The van der Waals surface area contributed by atoms with Crippen LogP contribution in [0.3, 0.4) is 0 Å². The van der Waals surface area contributed by atoms with Crippen molar-refractivity contribution in [3.63, 3.8) is 0 Å². The van der Waals surface area contributed by atoms with Gasteiger partial charge in [-0.25, -0.2) is 0 Å². The number of carbonyl (C=O) groups is 1. The van der Waals surface area contributed by atoms with Gasteiger partial charge in [-0.1, -0.05) is 29.8 Å². The maximum absolute atomic E-state index is 12.3. The van der Waals surface area contributed by atoms with Crippen LogP contribution in [0.1, 0.15) is 46.3 Å². The van der Waals surface area contributed by atoms with Gasteiger partial charge in [-0.3, -0.25) is 4.79 Å². The summed E-state index contributed by atoms with van der Waals surface area (Å²) in [5.74, 6) is -0.104. The first-order valence-electron chi connectivity index (χ1n) is 7.17. The molecule has 1 unspecified atom stereocenters. The second-order valence-electron chi connectivity index (χ2n) is 5.85. The smallest absolute Gasteiger partial charge is 0.251 e. The van der Waals surface area contributed by atoms with Crippen molar-refractivity contribution in [2.75, 3.05) is 6.54 Å². The Balaban J connectivity index is 2.09. The molecule has 2 rings (SSSR count). The molecule has 0 aromatic heterocycles. The number of aliphatic hydroxyl groups is 1. The van der Waals surface area contributed by atoms with Crippen molar-refractivity contribution in [1.82, 2.24) is 5.32 Å². The molecular formula is C17H23NO2. The van der Waals surface area contributed by atoms with Crippen molar-refractivity contribution in [1.29, 1.82) is 0 Å². The summed E-state index contributed by atoms with van der Waals surface area (Å²) in [5, 5.41) is 13.2. The Kier molecular flexibility index (Phi) is 4.29. The van der Waals surface area contributed by atoms with Gasteiger partial charge in [0.15, 0.2) is 0 Å². The van der Waals surface area contributed by atoms with Crippen LogP contribution in [-0.4, -0.2) is 23.2 Å². The fourth-order valence-electron chi connectivity index (χ4n) is 2.92. The number of hydrogen-bond acceptors (Lipinski definition) is 2. The van der Waals surface area contributed by atoms with E-state index in [-0.39, 0.29) is 12.5 Å². The Bertz CT molecular complexity index is 525. The highest BCUT2D eigenvalue weighted by atomic mass is 16.3. The molecule has 0 bridgehead atoms. The average molecular weight is 273 g/mol. The van der Waals surface area contributed by atoms with Crippen LogP contribution in [0.25, 0.3) is 0 Å². The number of amides is 1. The van der Waals surface area contributed by atoms with E-state index in [2.05, 4.69) is 5.32 Å². The van der Waals surface area contributed by atoms with Gasteiger partial charge in [0.25, 0.3) is 5.91 Å². The van der Waals surface area contributed by atoms with E-state index in [0.29, 0.717) is 6.42 Å². The van der Waals surface area contributed by atoms with Crippen molar-refractivity contribution in [3.8, 4) is 0 Å². The molecule has 20 heavy (non-hydrogen) atoms. The van der Waals surface area contributed by atoms with Gasteiger partial charge in [0, 0.05) is 5.56 Å². The highest BCUT2D eigenvalue weighted by Crippen LogP contribution is 2.22. The Labute approximate surface area is 120 Å². The molecule has 108 valence electrons. The molecule has 2 N–H and O–H groups in total. The highest BCUT2D eigenvalue weighted by molar-refractivity contribution is 5.97. The number of aryl methyl sites for hydroxylation is 3. The number of allylic oxidation sites excluding steroid dienone is 1. The monoisotopic (exact) mass is 273 g/mol. The van der Waals surface area contributed by atoms with Crippen molar-refractivity contribution in [2.24, 2.45) is 0 Å². The van der Waals surface area contributed by atoms with Gasteiger partial charge in [-0.15, -0.1) is 0 Å². The van der Waals surface area contributed by atoms with Crippen molar-refractivity contribution >= 4 is 5.91 Å². The molecule has 1 aromatic carbocycles. The van der Waals surface area contributed by atoms with E-state index >= 15 is 0 Å². The van der Waals surface area contributed by atoms with Crippen LogP contribution in [-0.2, 0) is 0 Å². The van der Waals surface area contributed by atoms with Crippen LogP contribution in [0.15, 0.2) is 24.3 Å². The molecule has 3 heteroatoms. The standard InChI is InChI=1S/C17H23NO2/c1-12-9-13(2)15(14(3)10-12)16(19)18-11-17(20)7-5-4-6-8-17/h5,7,9-10,20H,4,6,8,11H2,1-3H3,(H,18,19). The number of carbonyl (C=O) groups excluding carboxylic acids is 1. The summed E-state index contributed by atoms with van der Waals surface area (Å²) in [5.41, 5.74) is 2.95. The molecule has 0 fully saturated rings. The van der Waals surface area contributed by atoms with Gasteiger partial charge in [0.2, 0.25) is 0 Å². The van der Waals surface area contributed by atoms with E-state index in [1.165, 1.54) is 0 Å². The lowest BCUT2D eigenvalue weighted by Gasteiger charge is -2.27. The largest absolute Gasteiger partial charge is 0.384 e. The molecule has 0 aliphatic heterocycles. The molecule has 0 saturated carbocycles. The third-order valence-corrected chi connectivity index (χ3v) is 3.87. The highest BCUT2D eigenvalue weighted by Gasteiger charge is 2.26. The molecule has 1 amide bonds. The predicted molar refractivity (Wildman–Crippen MR) is 80.9 cm³/mol. The van der Waals surface area contributed by atoms with Gasteiger partial charge in [0.1, 0.15) is 0 Å². The summed E-state index contributed by atoms with van der Waals surface area (Å²) in [4.78, 5) is 12.3. The van der Waals surface area contributed by atoms with E-state index in [1.807, 2.05) is 45.1 Å². The van der Waals surface area contributed by atoms with Crippen molar-refractivity contribution < 1.29 is 9.90 Å². The van der Waals surface area contributed by atoms with E-state index in [9.17, 15) is 9.90 Å². The average Bonchev–Trinajstić information content (AvgIpc) is 2.36. The third kappa shape index (κ3) is 3.28. The normalized spacial score (nSPS) is 21.8. The summed E-state index contributed by atoms with van der Waals surface area (Å²) in [6, 6.07) is 4.02. The molecule has 0 radical (unpaired) electrons. The summed E-state index contributed by atoms with van der Waals surface area (Å²) in [6.45, 7) is 6.20. The molecule has 3 nitrogen and oxygen atoms in total. The van der Waals surface area contributed by atoms with E-state index in [1.54, 1.807) is 0 Å². The van der Waals surface area contributed by atoms with Crippen LogP contribution in [0.4, 0.5) is 0 Å². The lowest BCUT2D eigenvalue weighted by atomic mass is 9.91. The molecular weight excluding hydrogens is 250 g/mol. The van der Waals surface area contributed by atoms with Crippen molar-refractivity contribution in [2.45, 2.75) is 45.6 Å². The topological polar surface area (TPSA) is 49.3 Å². The third-order valence-electron chi connectivity index (χ3n) is 3.87. The number of nitrogens with one attached hydrogen (secondary N) is 1. The SMILES string of the molecule is Cc1cc(C)c(C(=O)NCC2(O)C=CCCC2)c(C)c1. The van der Waals surface area contributed by atoms with Crippen LogP contribution < -0.4 is 5.32 Å². The fourth-order valence-corrected chi connectivity index (χ4v) is 2.92. The van der Waals surface area contributed by atoms with Crippen LogP contribution in [0.2, 0.25) is 0 Å². The first-order chi connectivity index (χ1) is 9.41. The van der Waals surface area contributed by atoms with Gasteiger partial charge < -0.3 is 10.4 Å². The molecule has 0 saturated heterocycles.